The molecule has 0 amide bonds. The summed E-state index contributed by atoms with van der Waals surface area (Å²) in [6.07, 6.45) is 3.81. The number of nitrogens with zero attached hydrogens (tertiary/aromatic N) is 1. The maximum absolute atomic E-state index is 9.10. The van der Waals surface area contributed by atoms with Crippen molar-refractivity contribution in [2.24, 2.45) is 5.16 Å². The smallest absolute Gasteiger partial charge is 0.136 e. The molecule has 0 radical (unpaired) electrons. The van der Waals surface area contributed by atoms with Gasteiger partial charge in [-0.1, -0.05) is 53.7 Å². The molecule has 0 bridgehead atoms. The van der Waals surface area contributed by atoms with Crippen molar-refractivity contribution in [3.63, 3.8) is 0 Å². The number of hydrogen-bond donors (Lipinski definition) is 1. The van der Waals surface area contributed by atoms with Gasteiger partial charge in [0.05, 0.1) is 0 Å². The van der Waals surface area contributed by atoms with E-state index in [1.54, 1.807) is 6.07 Å². The van der Waals surface area contributed by atoms with Crippen LogP contribution in [-0.4, -0.2) is 5.21 Å². The van der Waals surface area contributed by atoms with Crippen molar-refractivity contribution in [1.82, 2.24) is 0 Å². The van der Waals surface area contributed by atoms with Crippen molar-refractivity contribution in [1.29, 1.82) is 0 Å². The summed E-state index contributed by atoms with van der Waals surface area (Å²) in [6, 6.07) is 19.1. The van der Waals surface area contributed by atoms with Gasteiger partial charge in [0.15, 0.2) is 0 Å². The van der Waals surface area contributed by atoms with Gasteiger partial charge in [-0.25, -0.2) is 0 Å². The Hall–Kier alpha value is -2.81. The molecule has 0 aliphatic heterocycles. The van der Waals surface area contributed by atoms with E-state index in [1.807, 2.05) is 66.7 Å². The molecular formula is C17H13NO2. The van der Waals surface area contributed by atoms with E-state index in [2.05, 4.69) is 5.16 Å². The number of benzene rings is 2. The molecular weight excluding hydrogens is 250 g/mol. The third-order valence-corrected chi connectivity index (χ3v) is 3.02. The number of hydrogen-bond acceptors (Lipinski definition) is 3. The van der Waals surface area contributed by atoms with Crippen LogP contribution in [0.1, 0.15) is 11.3 Å². The van der Waals surface area contributed by atoms with E-state index in [1.165, 1.54) is 0 Å². The summed E-state index contributed by atoms with van der Waals surface area (Å²) >= 11 is 0. The molecule has 3 heteroatoms. The standard InChI is InChI=1S/C17H13NO2/c19-18-16-12-14(11-10-13-6-2-1-3-7-13)20-17-9-5-4-8-15(16)17/h1-12,19H/b11-10+,18-16+. The van der Waals surface area contributed by atoms with Gasteiger partial charge in [-0.05, 0) is 23.8 Å². The zero-order valence-electron chi connectivity index (χ0n) is 10.7. The van der Waals surface area contributed by atoms with Crippen LogP contribution in [0.25, 0.3) is 23.1 Å². The fourth-order valence-corrected chi connectivity index (χ4v) is 2.04. The third-order valence-electron chi connectivity index (χ3n) is 3.02. The highest BCUT2D eigenvalue weighted by Crippen LogP contribution is 2.14. The van der Waals surface area contributed by atoms with Gasteiger partial charge in [0.1, 0.15) is 16.7 Å². The maximum Gasteiger partial charge on any atom is 0.136 e. The van der Waals surface area contributed by atoms with E-state index >= 15 is 0 Å². The molecule has 0 unspecified atom stereocenters. The van der Waals surface area contributed by atoms with Crippen LogP contribution in [0.3, 0.4) is 0 Å². The lowest BCUT2D eigenvalue weighted by Gasteiger charge is -2.00. The van der Waals surface area contributed by atoms with E-state index in [0.29, 0.717) is 16.7 Å². The topological polar surface area (TPSA) is 45.7 Å². The Morgan fingerprint density at radius 1 is 0.900 bits per heavy atom. The fourth-order valence-electron chi connectivity index (χ4n) is 2.04. The minimum atomic E-state index is 0.500. The Bertz CT molecular complexity index is 817. The zero-order valence-corrected chi connectivity index (χ0v) is 10.7. The van der Waals surface area contributed by atoms with Crippen LogP contribution in [0, 0.1) is 0 Å². The number of rotatable bonds is 2. The van der Waals surface area contributed by atoms with Gasteiger partial charge < -0.3 is 9.62 Å². The number of para-hydroxylation sites is 1. The monoisotopic (exact) mass is 263 g/mol. The van der Waals surface area contributed by atoms with Crippen LogP contribution in [0.2, 0.25) is 0 Å². The molecule has 3 nitrogen and oxygen atoms in total. The van der Waals surface area contributed by atoms with Crippen molar-refractivity contribution in [2.75, 3.05) is 0 Å². The predicted molar refractivity (Wildman–Crippen MR) is 78.9 cm³/mol. The lowest BCUT2D eigenvalue weighted by atomic mass is 10.2. The first kappa shape index (κ1) is 12.2. The van der Waals surface area contributed by atoms with E-state index < -0.39 is 0 Å². The second-order valence-electron chi connectivity index (χ2n) is 4.37. The molecule has 0 atom stereocenters. The van der Waals surface area contributed by atoms with Gasteiger partial charge in [0, 0.05) is 11.5 Å². The molecule has 98 valence electrons. The van der Waals surface area contributed by atoms with Crippen molar-refractivity contribution in [3.8, 4) is 0 Å². The van der Waals surface area contributed by atoms with Crippen molar-refractivity contribution >= 4 is 23.1 Å². The Balaban J connectivity index is 2.07. The van der Waals surface area contributed by atoms with E-state index in [4.69, 9.17) is 9.62 Å². The van der Waals surface area contributed by atoms with Crippen LogP contribution in [0.5, 0.6) is 0 Å². The average molecular weight is 263 g/mol. The molecule has 0 fully saturated rings. The van der Waals surface area contributed by atoms with Gasteiger partial charge in [-0.3, -0.25) is 0 Å². The van der Waals surface area contributed by atoms with E-state index in [9.17, 15) is 0 Å². The van der Waals surface area contributed by atoms with Crippen LogP contribution < -0.4 is 5.36 Å². The summed E-state index contributed by atoms with van der Waals surface area (Å²) in [7, 11) is 0. The molecule has 20 heavy (non-hydrogen) atoms. The van der Waals surface area contributed by atoms with E-state index in [0.717, 1.165) is 10.9 Å². The molecule has 1 N–H and O–H groups in total. The van der Waals surface area contributed by atoms with Crippen molar-refractivity contribution in [3.05, 3.63) is 77.3 Å². The summed E-state index contributed by atoms with van der Waals surface area (Å²) in [5, 5.41) is 13.7. The minimum Gasteiger partial charge on any atom is -0.457 e. The van der Waals surface area contributed by atoms with Gasteiger partial charge in [-0.15, -0.1) is 0 Å². The maximum atomic E-state index is 9.10. The highest BCUT2D eigenvalue weighted by molar-refractivity contribution is 5.78. The minimum absolute atomic E-state index is 0.500. The predicted octanol–water partition coefficient (Wildman–Crippen LogP) is 3.89. The normalized spacial score (nSPS) is 12.3. The van der Waals surface area contributed by atoms with Crippen LogP contribution in [0.15, 0.2) is 70.2 Å². The molecule has 3 aromatic rings. The molecule has 1 heterocycles. The fraction of sp³-hybridized carbons (Fsp3) is 0. The van der Waals surface area contributed by atoms with Gasteiger partial charge in [0.2, 0.25) is 0 Å². The summed E-state index contributed by atoms with van der Waals surface area (Å²) < 4.78 is 5.77. The molecule has 0 spiro atoms. The summed E-state index contributed by atoms with van der Waals surface area (Å²) in [5.74, 6) is 0.639. The third kappa shape index (κ3) is 2.47. The first-order valence-electron chi connectivity index (χ1n) is 6.31. The van der Waals surface area contributed by atoms with E-state index in [-0.39, 0.29) is 0 Å². The van der Waals surface area contributed by atoms with Gasteiger partial charge in [0.25, 0.3) is 0 Å². The summed E-state index contributed by atoms with van der Waals surface area (Å²) in [6.45, 7) is 0. The first-order chi connectivity index (χ1) is 9.86. The van der Waals surface area contributed by atoms with Crippen molar-refractivity contribution in [2.45, 2.75) is 0 Å². The van der Waals surface area contributed by atoms with Crippen LogP contribution in [0.4, 0.5) is 0 Å². The highest BCUT2D eigenvalue weighted by atomic mass is 16.4. The molecule has 1 aromatic heterocycles. The lowest BCUT2D eigenvalue weighted by Crippen LogP contribution is -2.02. The average Bonchev–Trinajstić information content (AvgIpc) is 2.53. The summed E-state index contributed by atoms with van der Waals surface area (Å²) in [5.41, 5.74) is 1.77. The van der Waals surface area contributed by atoms with Gasteiger partial charge in [-0.2, -0.15) is 0 Å². The Labute approximate surface area is 116 Å². The quantitative estimate of drug-likeness (QED) is 0.563. The SMILES string of the molecule is O/N=c1\cc(/C=C/c2ccccc2)oc2ccccc12. The summed E-state index contributed by atoms with van der Waals surface area (Å²) in [4.78, 5) is 0. The molecule has 0 aliphatic carbocycles. The Morgan fingerprint density at radius 2 is 1.65 bits per heavy atom. The second-order valence-corrected chi connectivity index (χ2v) is 4.37. The largest absolute Gasteiger partial charge is 0.457 e. The van der Waals surface area contributed by atoms with Crippen LogP contribution >= 0.6 is 0 Å². The molecule has 2 aromatic carbocycles. The molecule has 0 saturated carbocycles. The van der Waals surface area contributed by atoms with Crippen LogP contribution in [-0.2, 0) is 0 Å². The van der Waals surface area contributed by atoms with Crippen molar-refractivity contribution < 1.29 is 9.62 Å². The second kappa shape index (κ2) is 5.45. The Kier molecular flexibility index (Phi) is 3.33. The first-order valence-corrected chi connectivity index (χ1v) is 6.31. The molecule has 0 saturated heterocycles. The van der Waals surface area contributed by atoms with Gasteiger partial charge >= 0.3 is 0 Å². The molecule has 3 rings (SSSR count). The Morgan fingerprint density at radius 3 is 2.45 bits per heavy atom. The molecule has 0 aliphatic rings. The lowest BCUT2D eigenvalue weighted by molar-refractivity contribution is 0.302. The highest BCUT2D eigenvalue weighted by Gasteiger charge is 2.00. The number of fused-ring (bicyclic) bond motifs is 1. The zero-order chi connectivity index (χ0) is 13.8.